The second-order valence-electron chi connectivity index (χ2n) is 7.28. The molecule has 1 aliphatic heterocycles. The zero-order valence-electron chi connectivity index (χ0n) is 18.1. The SMILES string of the molecule is CCOC(=O)c1cccc(N(CC)CC(=O)N2N=C(c3ccco3)CC2c2ccco2)c1. The first-order chi connectivity index (χ1) is 15.6. The van der Waals surface area contributed by atoms with Gasteiger partial charge >= 0.3 is 5.97 Å². The Labute approximate surface area is 186 Å². The summed E-state index contributed by atoms with van der Waals surface area (Å²) in [6.07, 6.45) is 3.67. The van der Waals surface area contributed by atoms with Gasteiger partial charge in [0, 0.05) is 18.7 Å². The molecule has 0 saturated carbocycles. The maximum atomic E-state index is 13.3. The lowest BCUT2D eigenvalue weighted by atomic mass is 10.1. The van der Waals surface area contributed by atoms with Crippen molar-refractivity contribution >= 4 is 23.3 Å². The van der Waals surface area contributed by atoms with Gasteiger partial charge in [0.05, 0.1) is 31.2 Å². The summed E-state index contributed by atoms with van der Waals surface area (Å²) in [5.74, 6) is 0.723. The van der Waals surface area contributed by atoms with E-state index in [1.807, 2.05) is 30.0 Å². The number of likely N-dealkylation sites (N-methyl/N-ethyl adjacent to an activating group) is 1. The van der Waals surface area contributed by atoms with E-state index in [-0.39, 0.29) is 24.5 Å². The van der Waals surface area contributed by atoms with E-state index in [0.29, 0.717) is 42.4 Å². The molecule has 0 saturated heterocycles. The number of hydrogen-bond acceptors (Lipinski definition) is 7. The number of carbonyl (C=O) groups excluding carboxylic acids is 2. The summed E-state index contributed by atoms with van der Waals surface area (Å²) in [5, 5.41) is 6.03. The Balaban J connectivity index is 1.56. The predicted octanol–water partition coefficient (Wildman–Crippen LogP) is 4.25. The van der Waals surface area contributed by atoms with Gasteiger partial charge < -0.3 is 18.5 Å². The molecule has 1 unspecified atom stereocenters. The first-order valence-corrected chi connectivity index (χ1v) is 10.6. The van der Waals surface area contributed by atoms with Crippen LogP contribution in [0.5, 0.6) is 0 Å². The predicted molar refractivity (Wildman–Crippen MR) is 118 cm³/mol. The van der Waals surface area contributed by atoms with E-state index < -0.39 is 0 Å². The zero-order chi connectivity index (χ0) is 22.5. The monoisotopic (exact) mass is 435 g/mol. The van der Waals surface area contributed by atoms with Crippen molar-refractivity contribution < 1.29 is 23.2 Å². The van der Waals surface area contributed by atoms with Crippen LogP contribution in [-0.4, -0.2) is 42.3 Å². The third kappa shape index (κ3) is 4.44. The topological polar surface area (TPSA) is 88.5 Å². The van der Waals surface area contributed by atoms with Crippen molar-refractivity contribution in [3.8, 4) is 0 Å². The molecule has 166 valence electrons. The Hall–Kier alpha value is -3.81. The van der Waals surface area contributed by atoms with Gasteiger partial charge in [-0.2, -0.15) is 5.10 Å². The molecule has 1 aliphatic rings. The fourth-order valence-electron chi connectivity index (χ4n) is 3.70. The van der Waals surface area contributed by atoms with Gasteiger partial charge in [0.15, 0.2) is 0 Å². The van der Waals surface area contributed by atoms with Crippen LogP contribution in [0, 0.1) is 0 Å². The summed E-state index contributed by atoms with van der Waals surface area (Å²) in [6, 6.07) is 14.0. The van der Waals surface area contributed by atoms with Crippen molar-refractivity contribution in [3.05, 3.63) is 78.1 Å². The Morgan fingerprint density at radius 3 is 2.62 bits per heavy atom. The van der Waals surface area contributed by atoms with Crippen LogP contribution in [0.2, 0.25) is 0 Å². The Bertz CT molecular complexity index is 1090. The van der Waals surface area contributed by atoms with Crippen LogP contribution in [0.1, 0.15) is 48.2 Å². The quantitative estimate of drug-likeness (QED) is 0.492. The van der Waals surface area contributed by atoms with Crippen molar-refractivity contribution in [2.75, 3.05) is 24.6 Å². The Morgan fingerprint density at radius 2 is 1.94 bits per heavy atom. The van der Waals surface area contributed by atoms with Crippen molar-refractivity contribution in [2.24, 2.45) is 5.10 Å². The molecule has 3 aromatic rings. The summed E-state index contributed by atoms with van der Waals surface area (Å²) in [6.45, 7) is 4.69. The summed E-state index contributed by atoms with van der Waals surface area (Å²) in [4.78, 5) is 27.3. The molecular formula is C24H25N3O5. The number of rotatable bonds is 8. The zero-order valence-corrected chi connectivity index (χ0v) is 18.1. The highest BCUT2D eigenvalue weighted by Gasteiger charge is 2.36. The van der Waals surface area contributed by atoms with Crippen molar-refractivity contribution in [3.63, 3.8) is 0 Å². The van der Waals surface area contributed by atoms with Crippen LogP contribution < -0.4 is 4.90 Å². The van der Waals surface area contributed by atoms with Gasteiger partial charge in [-0.05, 0) is 56.3 Å². The number of amides is 1. The lowest BCUT2D eigenvalue weighted by Gasteiger charge is -2.26. The second kappa shape index (κ2) is 9.55. The lowest BCUT2D eigenvalue weighted by molar-refractivity contribution is -0.131. The van der Waals surface area contributed by atoms with Crippen LogP contribution in [0.4, 0.5) is 5.69 Å². The number of hydrogen-bond donors (Lipinski definition) is 0. The number of anilines is 1. The molecule has 0 N–H and O–H groups in total. The van der Waals surface area contributed by atoms with Crippen LogP contribution in [0.3, 0.4) is 0 Å². The molecule has 4 rings (SSSR count). The van der Waals surface area contributed by atoms with E-state index in [2.05, 4.69) is 5.10 Å². The smallest absolute Gasteiger partial charge is 0.338 e. The molecule has 0 bridgehead atoms. The lowest BCUT2D eigenvalue weighted by Crippen LogP contribution is -2.38. The average Bonchev–Trinajstić information content (AvgIpc) is 3.58. The maximum absolute atomic E-state index is 13.3. The minimum atomic E-state index is -0.387. The molecule has 0 fully saturated rings. The molecule has 8 heteroatoms. The highest BCUT2D eigenvalue weighted by molar-refractivity contribution is 6.01. The van der Waals surface area contributed by atoms with Crippen LogP contribution in [-0.2, 0) is 9.53 Å². The third-order valence-electron chi connectivity index (χ3n) is 5.27. The molecule has 1 atom stereocenters. The number of nitrogens with zero attached hydrogens (tertiary/aromatic N) is 3. The number of furan rings is 2. The Kier molecular flexibility index (Phi) is 6.39. The highest BCUT2D eigenvalue weighted by Crippen LogP contribution is 2.33. The molecule has 0 aliphatic carbocycles. The molecule has 3 heterocycles. The largest absolute Gasteiger partial charge is 0.467 e. The van der Waals surface area contributed by atoms with E-state index in [9.17, 15) is 9.59 Å². The second-order valence-corrected chi connectivity index (χ2v) is 7.28. The number of esters is 1. The maximum Gasteiger partial charge on any atom is 0.338 e. The average molecular weight is 435 g/mol. The van der Waals surface area contributed by atoms with Crippen molar-refractivity contribution in [1.29, 1.82) is 0 Å². The van der Waals surface area contributed by atoms with E-state index in [0.717, 1.165) is 5.69 Å². The van der Waals surface area contributed by atoms with Crippen LogP contribution in [0.15, 0.2) is 75.0 Å². The van der Waals surface area contributed by atoms with E-state index in [1.54, 1.807) is 49.8 Å². The van der Waals surface area contributed by atoms with Gasteiger partial charge in [-0.3, -0.25) is 4.79 Å². The summed E-state index contributed by atoms with van der Waals surface area (Å²) in [5.41, 5.74) is 1.90. The van der Waals surface area contributed by atoms with Gasteiger partial charge in [-0.1, -0.05) is 6.07 Å². The molecular weight excluding hydrogens is 410 g/mol. The van der Waals surface area contributed by atoms with E-state index >= 15 is 0 Å². The first kappa shape index (κ1) is 21.4. The fraction of sp³-hybridized carbons (Fsp3) is 0.292. The van der Waals surface area contributed by atoms with E-state index in [4.69, 9.17) is 13.6 Å². The van der Waals surface area contributed by atoms with Crippen LogP contribution in [0.25, 0.3) is 0 Å². The molecule has 0 radical (unpaired) electrons. The highest BCUT2D eigenvalue weighted by atomic mass is 16.5. The molecule has 1 amide bonds. The molecule has 2 aromatic heterocycles. The van der Waals surface area contributed by atoms with Gasteiger partial charge in [0.25, 0.3) is 5.91 Å². The minimum Gasteiger partial charge on any atom is -0.467 e. The number of carbonyl (C=O) groups is 2. The first-order valence-electron chi connectivity index (χ1n) is 10.6. The van der Waals surface area contributed by atoms with Crippen molar-refractivity contribution in [1.82, 2.24) is 5.01 Å². The molecule has 0 spiro atoms. The number of benzene rings is 1. The molecule has 32 heavy (non-hydrogen) atoms. The van der Waals surface area contributed by atoms with Crippen LogP contribution >= 0.6 is 0 Å². The number of hydrazone groups is 1. The third-order valence-corrected chi connectivity index (χ3v) is 5.27. The van der Waals surface area contributed by atoms with Gasteiger partial charge in [-0.15, -0.1) is 0 Å². The summed E-state index contributed by atoms with van der Waals surface area (Å²) >= 11 is 0. The van der Waals surface area contributed by atoms with E-state index in [1.165, 1.54) is 5.01 Å². The normalized spacial score (nSPS) is 15.5. The molecule has 1 aromatic carbocycles. The number of ether oxygens (including phenoxy) is 1. The summed E-state index contributed by atoms with van der Waals surface area (Å²) in [7, 11) is 0. The fourth-order valence-corrected chi connectivity index (χ4v) is 3.70. The standard InChI is InChI=1S/C24H25N3O5/c1-3-26(18-9-5-8-17(14-18)24(29)30-4-2)16-23(28)27-20(22-11-7-13-32-22)15-19(25-27)21-10-6-12-31-21/h5-14,20H,3-4,15-16H2,1-2H3. The summed E-state index contributed by atoms with van der Waals surface area (Å²) < 4.78 is 16.2. The van der Waals surface area contributed by atoms with Gasteiger partial charge in [-0.25, -0.2) is 9.80 Å². The van der Waals surface area contributed by atoms with Gasteiger partial charge in [0.2, 0.25) is 0 Å². The minimum absolute atomic E-state index is 0.0922. The molecule has 8 nitrogen and oxygen atoms in total. The van der Waals surface area contributed by atoms with Gasteiger partial charge in [0.1, 0.15) is 23.3 Å². The van der Waals surface area contributed by atoms with Crippen molar-refractivity contribution in [2.45, 2.75) is 26.3 Å². The Morgan fingerprint density at radius 1 is 1.12 bits per heavy atom.